The maximum absolute atomic E-state index is 6.30. The van der Waals surface area contributed by atoms with E-state index in [1.165, 1.54) is 0 Å². The number of thioether (sulfide) groups is 1. The van der Waals surface area contributed by atoms with Gasteiger partial charge in [0.05, 0.1) is 16.4 Å². The molecule has 20 heavy (non-hydrogen) atoms. The first-order chi connectivity index (χ1) is 9.54. The van der Waals surface area contributed by atoms with Gasteiger partial charge in [0.1, 0.15) is 5.82 Å². The molecule has 2 atom stereocenters. The Morgan fingerprint density at radius 3 is 2.75 bits per heavy atom. The smallest absolute Gasteiger partial charge is 0.127 e. The van der Waals surface area contributed by atoms with Crippen LogP contribution in [0.1, 0.15) is 44.4 Å². The molecule has 2 rings (SSSR count). The van der Waals surface area contributed by atoms with E-state index in [-0.39, 0.29) is 5.38 Å². The van der Waals surface area contributed by atoms with E-state index < -0.39 is 0 Å². The molecule has 0 saturated carbocycles. The van der Waals surface area contributed by atoms with E-state index >= 15 is 0 Å². The Kier molecular flexibility index (Phi) is 5.65. The van der Waals surface area contributed by atoms with E-state index in [9.17, 15) is 0 Å². The lowest BCUT2D eigenvalue weighted by molar-refractivity contribution is 0.525. The number of hydrogen-bond donors (Lipinski definition) is 0. The fraction of sp³-hybridized carbons (Fsp3) is 0.533. The number of alkyl halides is 1. The van der Waals surface area contributed by atoms with Crippen LogP contribution in [-0.4, -0.2) is 21.1 Å². The Labute approximate surface area is 134 Å². The van der Waals surface area contributed by atoms with Crippen LogP contribution in [0.5, 0.6) is 0 Å². The number of aromatic nitrogens is 2. The van der Waals surface area contributed by atoms with Crippen LogP contribution in [0.15, 0.2) is 18.2 Å². The molecule has 0 bridgehead atoms. The Morgan fingerprint density at radius 2 is 2.10 bits per heavy atom. The highest BCUT2D eigenvalue weighted by Gasteiger charge is 2.19. The molecule has 1 heterocycles. The predicted octanol–water partition coefficient (Wildman–Crippen LogP) is 5.69. The highest BCUT2D eigenvalue weighted by Crippen LogP contribution is 2.31. The van der Waals surface area contributed by atoms with Gasteiger partial charge in [0, 0.05) is 11.1 Å². The second kappa shape index (κ2) is 7.06. The van der Waals surface area contributed by atoms with E-state index in [0.29, 0.717) is 11.1 Å². The summed E-state index contributed by atoms with van der Waals surface area (Å²) >= 11 is 14.3. The first-order valence-electron chi connectivity index (χ1n) is 6.93. The average molecular weight is 331 g/mol. The van der Waals surface area contributed by atoms with Gasteiger partial charge in [-0.1, -0.05) is 18.5 Å². The van der Waals surface area contributed by atoms with Crippen molar-refractivity contribution in [2.75, 3.05) is 11.5 Å². The van der Waals surface area contributed by atoms with Crippen LogP contribution in [0.3, 0.4) is 0 Å². The molecule has 0 aliphatic rings. The molecule has 5 heteroatoms. The quantitative estimate of drug-likeness (QED) is 0.499. The highest BCUT2D eigenvalue weighted by atomic mass is 35.5. The molecule has 0 amide bonds. The standard InChI is InChI=1S/C15H20Cl2N2S/c1-4-20-8-7-10(2)19-14-6-5-12(17)9-13(14)18-15(19)11(3)16/h5-6,9-11H,4,7-8H2,1-3H3. The van der Waals surface area contributed by atoms with Crippen molar-refractivity contribution in [1.82, 2.24) is 9.55 Å². The molecule has 110 valence electrons. The first kappa shape index (κ1) is 16.0. The topological polar surface area (TPSA) is 17.8 Å². The van der Waals surface area contributed by atoms with Gasteiger partial charge >= 0.3 is 0 Å². The van der Waals surface area contributed by atoms with Crippen molar-refractivity contribution in [3.05, 3.63) is 29.0 Å². The summed E-state index contributed by atoms with van der Waals surface area (Å²) in [5, 5.41) is 0.604. The van der Waals surface area contributed by atoms with Crippen LogP contribution in [0.2, 0.25) is 5.02 Å². The fourth-order valence-electron chi connectivity index (χ4n) is 2.36. The van der Waals surface area contributed by atoms with Gasteiger partial charge in [-0.15, -0.1) is 11.6 Å². The Balaban J connectivity index is 2.40. The predicted molar refractivity (Wildman–Crippen MR) is 91.3 cm³/mol. The summed E-state index contributed by atoms with van der Waals surface area (Å²) < 4.78 is 2.26. The van der Waals surface area contributed by atoms with Gasteiger partial charge in [0.15, 0.2) is 0 Å². The molecule has 0 saturated heterocycles. The normalized spacial score (nSPS) is 14.7. The van der Waals surface area contributed by atoms with Crippen molar-refractivity contribution in [2.24, 2.45) is 0 Å². The zero-order chi connectivity index (χ0) is 14.7. The van der Waals surface area contributed by atoms with E-state index in [1.807, 2.05) is 36.9 Å². The minimum atomic E-state index is -0.109. The van der Waals surface area contributed by atoms with Crippen LogP contribution in [-0.2, 0) is 0 Å². The molecule has 1 aromatic heterocycles. The molecular formula is C15H20Cl2N2S. The second-order valence-electron chi connectivity index (χ2n) is 4.92. The number of benzene rings is 1. The number of rotatable bonds is 6. The first-order valence-corrected chi connectivity index (χ1v) is 8.90. The number of nitrogens with zero attached hydrogens (tertiary/aromatic N) is 2. The Morgan fingerprint density at radius 1 is 1.35 bits per heavy atom. The van der Waals surface area contributed by atoms with Gasteiger partial charge < -0.3 is 4.57 Å². The van der Waals surface area contributed by atoms with Gasteiger partial charge in [0.2, 0.25) is 0 Å². The lowest BCUT2D eigenvalue weighted by Gasteiger charge is -2.18. The van der Waals surface area contributed by atoms with Gasteiger partial charge in [0.25, 0.3) is 0 Å². The second-order valence-corrected chi connectivity index (χ2v) is 7.41. The molecular weight excluding hydrogens is 311 g/mol. The third-order valence-electron chi connectivity index (χ3n) is 3.36. The third-order valence-corrected chi connectivity index (χ3v) is 4.72. The van der Waals surface area contributed by atoms with E-state index in [2.05, 4.69) is 23.4 Å². The molecule has 1 aromatic carbocycles. The summed E-state index contributed by atoms with van der Waals surface area (Å²) in [5.74, 6) is 3.24. The Bertz CT molecular complexity index is 581. The molecule has 0 radical (unpaired) electrons. The van der Waals surface area contributed by atoms with Crippen molar-refractivity contribution >= 4 is 46.0 Å². The van der Waals surface area contributed by atoms with Crippen molar-refractivity contribution in [1.29, 1.82) is 0 Å². The fourth-order valence-corrected chi connectivity index (χ4v) is 3.48. The molecule has 2 unspecified atom stereocenters. The zero-order valence-electron chi connectivity index (χ0n) is 12.1. The summed E-state index contributed by atoms with van der Waals surface area (Å²) in [6.07, 6.45) is 1.11. The van der Waals surface area contributed by atoms with Crippen LogP contribution >= 0.6 is 35.0 Å². The van der Waals surface area contributed by atoms with Gasteiger partial charge in [-0.05, 0) is 50.0 Å². The number of halogens is 2. The number of imidazole rings is 1. The Hall–Kier alpha value is -0.380. The van der Waals surface area contributed by atoms with Crippen molar-refractivity contribution in [3.8, 4) is 0 Å². The maximum Gasteiger partial charge on any atom is 0.127 e. The third kappa shape index (κ3) is 3.44. The van der Waals surface area contributed by atoms with Gasteiger partial charge in [-0.25, -0.2) is 4.98 Å². The van der Waals surface area contributed by atoms with Crippen molar-refractivity contribution in [3.63, 3.8) is 0 Å². The minimum Gasteiger partial charge on any atom is -0.324 e. The minimum absolute atomic E-state index is 0.109. The van der Waals surface area contributed by atoms with Crippen molar-refractivity contribution in [2.45, 2.75) is 38.6 Å². The summed E-state index contributed by atoms with van der Waals surface area (Å²) in [6.45, 7) is 6.39. The number of hydrogen-bond acceptors (Lipinski definition) is 2. The number of fused-ring (bicyclic) bond motifs is 1. The molecule has 2 nitrogen and oxygen atoms in total. The lowest BCUT2D eigenvalue weighted by atomic mass is 10.2. The van der Waals surface area contributed by atoms with Gasteiger partial charge in [-0.3, -0.25) is 0 Å². The SMILES string of the molecule is CCSCCC(C)n1c(C(C)Cl)nc2cc(Cl)ccc21. The van der Waals surface area contributed by atoms with Crippen LogP contribution in [0.4, 0.5) is 0 Å². The molecule has 2 aromatic rings. The molecule has 0 spiro atoms. The van der Waals surface area contributed by atoms with E-state index in [1.54, 1.807) is 0 Å². The summed E-state index contributed by atoms with van der Waals surface area (Å²) in [4.78, 5) is 4.66. The molecule has 0 fully saturated rings. The van der Waals surface area contributed by atoms with E-state index in [4.69, 9.17) is 23.2 Å². The lowest BCUT2D eigenvalue weighted by Crippen LogP contribution is -2.11. The molecule has 0 aliphatic heterocycles. The summed E-state index contributed by atoms with van der Waals surface area (Å²) in [7, 11) is 0. The monoisotopic (exact) mass is 330 g/mol. The van der Waals surface area contributed by atoms with Crippen LogP contribution < -0.4 is 0 Å². The maximum atomic E-state index is 6.30. The average Bonchev–Trinajstić information content (AvgIpc) is 2.77. The van der Waals surface area contributed by atoms with E-state index in [0.717, 1.165) is 34.8 Å². The van der Waals surface area contributed by atoms with Crippen LogP contribution in [0.25, 0.3) is 11.0 Å². The summed E-state index contributed by atoms with van der Waals surface area (Å²) in [6, 6.07) is 6.25. The zero-order valence-corrected chi connectivity index (χ0v) is 14.4. The van der Waals surface area contributed by atoms with Crippen LogP contribution in [0, 0.1) is 0 Å². The molecule has 0 N–H and O–H groups in total. The molecule has 0 aliphatic carbocycles. The summed E-state index contributed by atoms with van der Waals surface area (Å²) in [5.41, 5.74) is 2.04. The van der Waals surface area contributed by atoms with Gasteiger partial charge in [-0.2, -0.15) is 11.8 Å². The highest BCUT2D eigenvalue weighted by molar-refractivity contribution is 7.99. The van der Waals surface area contributed by atoms with Crippen molar-refractivity contribution < 1.29 is 0 Å². The largest absolute Gasteiger partial charge is 0.324 e.